The fraction of sp³-hybridized carbons (Fsp3) is 0.483. The summed E-state index contributed by atoms with van der Waals surface area (Å²) >= 11 is 0. The van der Waals surface area contributed by atoms with Gasteiger partial charge in [0, 0.05) is 43.9 Å². The molecule has 0 radical (unpaired) electrons. The van der Waals surface area contributed by atoms with Crippen LogP contribution in [0.2, 0.25) is 0 Å². The highest BCUT2D eigenvalue weighted by atomic mass is 19.4. The first kappa shape index (κ1) is 27.8. The van der Waals surface area contributed by atoms with Crippen LogP contribution in [0, 0.1) is 5.92 Å². The van der Waals surface area contributed by atoms with E-state index in [2.05, 4.69) is 15.5 Å². The maximum atomic E-state index is 14.2. The Labute approximate surface area is 233 Å². The summed E-state index contributed by atoms with van der Waals surface area (Å²) in [6, 6.07) is 9.66. The minimum absolute atomic E-state index is 0.00667. The summed E-state index contributed by atoms with van der Waals surface area (Å²) < 4.78 is 75.5. The second-order valence-electron chi connectivity index (χ2n) is 11.4. The summed E-state index contributed by atoms with van der Waals surface area (Å²) in [6.45, 7) is -0.156. The molecular weight excluding hydrogens is 545 g/mol. The van der Waals surface area contributed by atoms with E-state index in [0.29, 0.717) is 24.1 Å². The van der Waals surface area contributed by atoms with Gasteiger partial charge in [-0.05, 0) is 66.6 Å². The molecule has 218 valence electrons. The van der Waals surface area contributed by atoms with Crippen LogP contribution in [0.3, 0.4) is 0 Å². The number of nitrogens with zero attached hydrogens (tertiary/aromatic N) is 4. The number of aryl methyl sites for hydroxylation is 1. The number of aromatic nitrogens is 3. The maximum absolute atomic E-state index is 14.2. The molecule has 3 aromatic rings. The summed E-state index contributed by atoms with van der Waals surface area (Å²) in [5, 5.41) is 11.4. The van der Waals surface area contributed by atoms with E-state index in [1.165, 1.54) is 11.0 Å². The SMILES string of the molecule is COC1CC(c2cccc(N3Cc4c(cc(CNC5CC(C(F)F)C5)cc4C(F)(F)F)C3=O)c2)(c2nncn2C)C1. The van der Waals surface area contributed by atoms with E-state index in [4.69, 9.17) is 4.74 Å². The molecule has 41 heavy (non-hydrogen) atoms. The number of amides is 1. The highest BCUT2D eigenvalue weighted by Gasteiger charge is 2.50. The Morgan fingerprint density at radius 1 is 1.17 bits per heavy atom. The third-order valence-electron chi connectivity index (χ3n) is 8.87. The van der Waals surface area contributed by atoms with Crippen molar-refractivity contribution in [3.63, 3.8) is 0 Å². The summed E-state index contributed by atoms with van der Waals surface area (Å²) in [5.74, 6) is -0.443. The minimum atomic E-state index is -4.66. The number of hydrogen-bond acceptors (Lipinski definition) is 5. The van der Waals surface area contributed by atoms with Gasteiger partial charge in [-0.2, -0.15) is 13.2 Å². The van der Waals surface area contributed by atoms with Crippen LogP contribution in [-0.4, -0.2) is 46.4 Å². The standard InChI is InChI=1S/C29H30F5N5O2/c1-38-15-36-37-27(38)28(11-21(12-28)41-2)18-4-3-5-20(10-18)39-14-23-22(26(39)40)6-16(7-24(23)29(32,33)34)13-35-19-8-17(9-19)25(30)31/h3-7,10,15,17,19,21,25,35H,8-9,11-14H2,1-2H3. The van der Waals surface area contributed by atoms with Crippen molar-refractivity contribution in [2.75, 3.05) is 12.0 Å². The second kappa shape index (κ2) is 10.2. The largest absolute Gasteiger partial charge is 0.416 e. The van der Waals surface area contributed by atoms with Crippen molar-refractivity contribution in [1.29, 1.82) is 0 Å². The van der Waals surface area contributed by atoms with Gasteiger partial charge < -0.3 is 19.5 Å². The van der Waals surface area contributed by atoms with Gasteiger partial charge in [0.25, 0.3) is 5.91 Å². The molecule has 0 atom stereocenters. The Morgan fingerprint density at radius 3 is 2.56 bits per heavy atom. The molecule has 0 bridgehead atoms. The van der Waals surface area contributed by atoms with Crippen molar-refractivity contribution < 1.29 is 31.5 Å². The fourth-order valence-electron chi connectivity index (χ4n) is 6.45. The predicted molar refractivity (Wildman–Crippen MR) is 140 cm³/mol. The summed E-state index contributed by atoms with van der Waals surface area (Å²) in [6.07, 6.45) is -3.55. The number of nitrogens with one attached hydrogen (secondary N) is 1. The molecule has 12 heteroatoms. The van der Waals surface area contributed by atoms with Crippen molar-refractivity contribution in [1.82, 2.24) is 20.1 Å². The number of ether oxygens (including phenoxy) is 1. The molecule has 1 N–H and O–H groups in total. The van der Waals surface area contributed by atoms with Crippen LogP contribution in [0.25, 0.3) is 0 Å². The number of carbonyl (C=O) groups excluding carboxylic acids is 1. The van der Waals surface area contributed by atoms with Crippen LogP contribution in [0.5, 0.6) is 0 Å². The highest BCUT2D eigenvalue weighted by molar-refractivity contribution is 6.10. The lowest BCUT2D eigenvalue weighted by Crippen LogP contribution is -2.48. The van der Waals surface area contributed by atoms with E-state index in [-0.39, 0.29) is 49.2 Å². The van der Waals surface area contributed by atoms with Gasteiger partial charge in [0.05, 0.1) is 23.6 Å². The maximum Gasteiger partial charge on any atom is 0.416 e. The smallest absolute Gasteiger partial charge is 0.381 e. The monoisotopic (exact) mass is 575 g/mol. The normalized spacial score (nSPS) is 25.8. The molecular formula is C29H30F5N5O2. The van der Waals surface area contributed by atoms with Gasteiger partial charge in [0.1, 0.15) is 12.2 Å². The van der Waals surface area contributed by atoms with Gasteiger partial charge in [-0.15, -0.1) is 10.2 Å². The van der Waals surface area contributed by atoms with Crippen LogP contribution in [0.4, 0.5) is 27.6 Å². The van der Waals surface area contributed by atoms with Crippen LogP contribution in [0.15, 0.2) is 42.7 Å². The Hall–Kier alpha value is -3.38. The Balaban J connectivity index is 1.28. The quantitative estimate of drug-likeness (QED) is 0.373. The zero-order valence-corrected chi connectivity index (χ0v) is 22.6. The average Bonchev–Trinajstić information content (AvgIpc) is 3.45. The highest BCUT2D eigenvalue weighted by Crippen LogP contribution is 2.50. The molecule has 6 rings (SSSR count). The Bertz CT molecular complexity index is 1460. The number of anilines is 1. The Morgan fingerprint density at radius 2 is 1.93 bits per heavy atom. The van der Waals surface area contributed by atoms with E-state index in [1.54, 1.807) is 25.6 Å². The van der Waals surface area contributed by atoms with Crippen molar-refractivity contribution >= 4 is 11.6 Å². The number of benzene rings is 2. The molecule has 2 saturated carbocycles. The van der Waals surface area contributed by atoms with Gasteiger partial charge in [0.2, 0.25) is 6.43 Å². The molecule has 1 amide bonds. The van der Waals surface area contributed by atoms with Crippen LogP contribution < -0.4 is 10.2 Å². The van der Waals surface area contributed by atoms with E-state index >= 15 is 0 Å². The van der Waals surface area contributed by atoms with Crippen molar-refractivity contribution in [2.45, 2.75) is 68.9 Å². The fourth-order valence-corrected chi connectivity index (χ4v) is 6.45. The topological polar surface area (TPSA) is 72.3 Å². The number of hydrogen-bond donors (Lipinski definition) is 1. The first-order valence-corrected chi connectivity index (χ1v) is 13.5. The molecule has 2 heterocycles. The summed E-state index contributed by atoms with van der Waals surface area (Å²) in [4.78, 5) is 15.0. The van der Waals surface area contributed by atoms with Crippen molar-refractivity contribution in [3.8, 4) is 0 Å². The number of alkyl halides is 5. The van der Waals surface area contributed by atoms with Crippen molar-refractivity contribution in [3.05, 3.63) is 76.4 Å². The molecule has 1 aliphatic heterocycles. The van der Waals surface area contributed by atoms with Gasteiger partial charge >= 0.3 is 6.18 Å². The molecule has 2 fully saturated rings. The van der Waals surface area contributed by atoms with Gasteiger partial charge in [0.15, 0.2) is 0 Å². The zero-order chi connectivity index (χ0) is 29.1. The molecule has 2 aliphatic carbocycles. The number of rotatable bonds is 8. The van der Waals surface area contributed by atoms with Gasteiger partial charge in [-0.25, -0.2) is 8.78 Å². The number of halogens is 5. The molecule has 0 spiro atoms. The van der Waals surface area contributed by atoms with E-state index in [9.17, 15) is 26.7 Å². The molecule has 3 aliphatic rings. The first-order chi connectivity index (χ1) is 19.5. The molecule has 0 saturated heterocycles. The van der Waals surface area contributed by atoms with Crippen LogP contribution in [0.1, 0.15) is 64.1 Å². The first-order valence-electron chi connectivity index (χ1n) is 13.5. The van der Waals surface area contributed by atoms with E-state index in [1.807, 2.05) is 23.7 Å². The third kappa shape index (κ3) is 4.80. The van der Waals surface area contributed by atoms with Gasteiger partial charge in [-0.1, -0.05) is 12.1 Å². The van der Waals surface area contributed by atoms with Crippen LogP contribution in [-0.2, 0) is 36.5 Å². The summed E-state index contributed by atoms with van der Waals surface area (Å²) in [7, 11) is 3.51. The lowest BCUT2D eigenvalue weighted by molar-refractivity contribution is -0.138. The Kier molecular flexibility index (Phi) is 6.88. The average molecular weight is 576 g/mol. The zero-order valence-electron chi connectivity index (χ0n) is 22.6. The lowest BCUT2D eigenvalue weighted by Gasteiger charge is -2.46. The second-order valence-corrected chi connectivity index (χ2v) is 11.4. The third-order valence-corrected chi connectivity index (χ3v) is 8.87. The molecule has 7 nitrogen and oxygen atoms in total. The number of methoxy groups -OCH3 is 1. The molecule has 1 aromatic heterocycles. The van der Waals surface area contributed by atoms with E-state index in [0.717, 1.165) is 17.5 Å². The van der Waals surface area contributed by atoms with Gasteiger partial charge in [-0.3, -0.25) is 4.79 Å². The minimum Gasteiger partial charge on any atom is -0.381 e. The van der Waals surface area contributed by atoms with E-state index < -0.39 is 35.4 Å². The molecule has 0 unspecified atom stereocenters. The predicted octanol–water partition coefficient (Wildman–Crippen LogP) is 5.22. The summed E-state index contributed by atoms with van der Waals surface area (Å²) in [5.41, 5.74) is 0.255. The molecule has 2 aromatic carbocycles. The van der Waals surface area contributed by atoms with Crippen LogP contribution >= 0.6 is 0 Å². The number of carbonyl (C=O) groups is 1. The number of fused-ring (bicyclic) bond motifs is 1. The van der Waals surface area contributed by atoms with Crippen molar-refractivity contribution in [2.24, 2.45) is 13.0 Å². The lowest BCUT2D eigenvalue weighted by atomic mass is 9.62.